The van der Waals surface area contributed by atoms with Crippen molar-refractivity contribution >= 4 is 25.8 Å². The summed E-state index contributed by atoms with van der Waals surface area (Å²) in [6.07, 6.45) is 10.3. The molecule has 5 heteroatoms. The number of alkyl halides is 1. The zero-order valence-electron chi connectivity index (χ0n) is 11.8. The van der Waals surface area contributed by atoms with Gasteiger partial charge in [0, 0.05) is 18.1 Å². The number of halogens is 1. The van der Waals surface area contributed by atoms with E-state index in [1.807, 2.05) is 7.05 Å². The van der Waals surface area contributed by atoms with Crippen LogP contribution in [0.15, 0.2) is 0 Å². The summed E-state index contributed by atoms with van der Waals surface area (Å²) in [5.41, 5.74) is 0. The predicted octanol–water partition coefficient (Wildman–Crippen LogP) is 3.09. The molecule has 0 saturated carbocycles. The first kappa shape index (κ1) is 18.4. The quantitative estimate of drug-likeness (QED) is 0.404. The number of unbranched alkanes of at least 4 members (excludes halogenated alkanes) is 6. The zero-order chi connectivity index (χ0) is 13.9. The first-order valence-electron chi connectivity index (χ1n) is 6.88. The highest BCUT2D eigenvalue weighted by Crippen LogP contribution is 2.08. The Bertz CT molecular complexity index is 281. The zero-order valence-corrected chi connectivity index (χ0v) is 14.2. The van der Waals surface area contributed by atoms with Crippen molar-refractivity contribution in [2.45, 2.75) is 44.9 Å². The Labute approximate surface area is 121 Å². The van der Waals surface area contributed by atoms with Crippen LogP contribution in [0.1, 0.15) is 44.9 Å². The lowest BCUT2D eigenvalue weighted by atomic mass is 10.1. The molecule has 0 bridgehead atoms. The van der Waals surface area contributed by atoms with Crippen molar-refractivity contribution in [2.24, 2.45) is 0 Å². The molecule has 0 spiro atoms. The number of hydrogen-bond acceptors (Lipinski definition) is 3. The van der Waals surface area contributed by atoms with Crippen LogP contribution in [0.2, 0.25) is 0 Å². The Kier molecular flexibility index (Phi) is 11.5. The van der Waals surface area contributed by atoms with Crippen molar-refractivity contribution in [1.82, 2.24) is 4.90 Å². The number of sulfone groups is 1. The van der Waals surface area contributed by atoms with Gasteiger partial charge in [0.15, 0.2) is 0 Å². The molecular weight excluding hydrogens is 314 g/mol. The van der Waals surface area contributed by atoms with Gasteiger partial charge in [-0.25, -0.2) is 8.42 Å². The van der Waals surface area contributed by atoms with Crippen LogP contribution in [0.4, 0.5) is 0 Å². The monoisotopic (exact) mass is 341 g/mol. The SMILES string of the molecule is CN(CCCCCCCCCBr)CCS(C)(=O)=O. The van der Waals surface area contributed by atoms with Crippen LogP contribution in [0, 0.1) is 0 Å². The molecule has 0 fully saturated rings. The van der Waals surface area contributed by atoms with Crippen molar-refractivity contribution in [2.75, 3.05) is 37.5 Å². The topological polar surface area (TPSA) is 37.4 Å². The van der Waals surface area contributed by atoms with Crippen molar-refractivity contribution < 1.29 is 8.42 Å². The van der Waals surface area contributed by atoms with E-state index < -0.39 is 9.84 Å². The van der Waals surface area contributed by atoms with Crippen molar-refractivity contribution in [3.63, 3.8) is 0 Å². The van der Waals surface area contributed by atoms with Gasteiger partial charge in [0.25, 0.3) is 0 Å². The Hall–Kier alpha value is 0.390. The van der Waals surface area contributed by atoms with Gasteiger partial charge in [0.05, 0.1) is 5.75 Å². The van der Waals surface area contributed by atoms with Gasteiger partial charge >= 0.3 is 0 Å². The number of rotatable bonds is 12. The Morgan fingerprint density at radius 1 is 0.889 bits per heavy atom. The van der Waals surface area contributed by atoms with Gasteiger partial charge in [-0.3, -0.25) is 0 Å². The van der Waals surface area contributed by atoms with Crippen LogP contribution in [0.3, 0.4) is 0 Å². The summed E-state index contributed by atoms with van der Waals surface area (Å²) in [4.78, 5) is 2.12. The molecule has 0 radical (unpaired) electrons. The summed E-state index contributed by atoms with van der Waals surface area (Å²) < 4.78 is 22.0. The third-order valence-corrected chi connectivity index (χ3v) is 4.50. The Morgan fingerprint density at radius 2 is 1.39 bits per heavy atom. The lowest BCUT2D eigenvalue weighted by molar-refractivity contribution is 0.341. The largest absolute Gasteiger partial charge is 0.305 e. The molecule has 0 aliphatic carbocycles. The molecule has 0 aliphatic rings. The normalized spacial score (nSPS) is 12.2. The minimum absolute atomic E-state index is 0.274. The average Bonchev–Trinajstić information content (AvgIpc) is 2.29. The molecule has 0 saturated heterocycles. The minimum Gasteiger partial charge on any atom is -0.305 e. The average molecular weight is 342 g/mol. The fraction of sp³-hybridized carbons (Fsp3) is 1.00. The van der Waals surface area contributed by atoms with Gasteiger partial charge < -0.3 is 4.90 Å². The molecule has 0 unspecified atom stereocenters. The maximum Gasteiger partial charge on any atom is 0.148 e. The van der Waals surface area contributed by atoms with E-state index in [0.29, 0.717) is 6.54 Å². The van der Waals surface area contributed by atoms with E-state index in [2.05, 4.69) is 20.8 Å². The fourth-order valence-electron chi connectivity index (χ4n) is 1.79. The van der Waals surface area contributed by atoms with E-state index in [1.54, 1.807) is 0 Å². The van der Waals surface area contributed by atoms with E-state index in [0.717, 1.165) is 11.9 Å². The number of nitrogens with zero attached hydrogens (tertiary/aromatic N) is 1. The molecular formula is C13H28BrNO2S. The highest BCUT2D eigenvalue weighted by Gasteiger charge is 2.04. The van der Waals surface area contributed by atoms with Gasteiger partial charge in [0.1, 0.15) is 9.84 Å². The molecule has 18 heavy (non-hydrogen) atoms. The molecule has 0 amide bonds. The standard InChI is InChI=1S/C13H28BrNO2S/c1-15(12-13-18(2,16)17)11-9-7-5-3-4-6-8-10-14/h3-13H2,1-2H3. The summed E-state index contributed by atoms with van der Waals surface area (Å²) in [5, 5.41) is 1.12. The second-order valence-electron chi connectivity index (χ2n) is 5.10. The van der Waals surface area contributed by atoms with Gasteiger partial charge in [0.2, 0.25) is 0 Å². The van der Waals surface area contributed by atoms with E-state index >= 15 is 0 Å². The summed E-state index contributed by atoms with van der Waals surface area (Å²) in [6.45, 7) is 1.67. The van der Waals surface area contributed by atoms with Crippen LogP contribution in [-0.2, 0) is 9.84 Å². The Balaban J connectivity index is 3.28. The summed E-state index contributed by atoms with van der Waals surface area (Å²) in [7, 11) is -0.812. The highest BCUT2D eigenvalue weighted by molar-refractivity contribution is 9.09. The maximum absolute atomic E-state index is 11.0. The molecule has 0 aliphatic heterocycles. The predicted molar refractivity (Wildman–Crippen MR) is 83.3 cm³/mol. The van der Waals surface area contributed by atoms with Crippen LogP contribution in [-0.4, -0.2) is 50.8 Å². The fourth-order valence-corrected chi connectivity index (χ4v) is 2.83. The van der Waals surface area contributed by atoms with Gasteiger partial charge in [-0.05, 0) is 26.4 Å². The van der Waals surface area contributed by atoms with Crippen molar-refractivity contribution in [1.29, 1.82) is 0 Å². The van der Waals surface area contributed by atoms with Crippen LogP contribution < -0.4 is 0 Å². The smallest absolute Gasteiger partial charge is 0.148 e. The molecule has 0 aromatic heterocycles. The molecule has 0 aromatic carbocycles. The summed E-state index contributed by atoms with van der Waals surface area (Å²) >= 11 is 3.44. The second-order valence-corrected chi connectivity index (χ2v) is 8.15. The van der Waals surface area contributed by atoms with Crippen molar-refractivity contribution in [3.8, 4) is 0 Å². The third kappa shape index (κ3) is 14.5. The van der Waals surface area contributed by atoms with Gasteiger partial charge in [-0.2, -0.15) is 0 Å². The van der Waals surface area contributed by atoms with E-state index in [9.17, 15) is 8.42 Å². The van der Waals surface area contributed by atoms with Crippen LogP contribution in [0.25, 0.3) is 0 Å². The molecule has 0 rings (SSSR count). The first-order chi connectivity index (χ1) is 8.45. The molecule has 3 nitrogen and oxygen atoms in total. The molecule has 0 heterocycles. The summed E-state index contributed by atoms with van der Waals surface area (Å²) in [6, 6.07) is 0. The van der Waals surface area contributed by atoms with Gasteiger partial charge in [-0.1, -0.05) is 48.0 Å². The van der Waals surface area contributed by atoms with E-state index in [1.165, 1.54) is 51.2 Å². The second kappa shape index (κ2) is 11.2. The lowest BCUT2D eigenvalue weighted by Gasteiger charge is -2.15. The molecule has 110 valence electrons. The van der Waals surface area contributed by atoms with E-state index in [-0.39, 0.29) is 5.75 Å². The minimum atomic E-state index is -2.81. The highest BCUT2D eigenvalue weighted by atomic mass is 79.9. The van der Waals surface area contributed by atoms with Crippen molar-refractivity contribution in [3.05, 3.63) is 0 Å². The maximum atomic E-state index is 11.0. The van der Waals surface area contributed by atoms with Gasteiger partial charge in [-0.15, -0.1) is 0 Å². The first-order valence-corrected chi connectivity index (χ1v) is 10.1. The van der Waals surface area contributed by atoms with Crippen LogP contribution in [0.5, 0.6) is 0 Å². The Morgan fingerprint density at radius 3 is 1.89 bits per heavy atom. The number of hydrogen-bond donors (Lipinski definition) is 0. The molecule has 0 aromatic rings. The molecule has 0 atom stereocenters. The van der Waals surface area contributed by atoms with E-state index in [4.69, 9.17) is 0 Å². The molecule has 0 N–H and O–H groups in total. The third-order valence-electron chi connectivity index (χ3n) is 3.02. The van der Waals surface area contributed by atoms with Crippen LogP contribution >= 0.6 is 15.9 Å². The lowest BCUT2D eigenvalue weighted by Crippen LogP contribution is -2.26. The summed E-state index contributed by atoms with van der Waals surface area (Å²) in [5.74, 6) is 0.274.